The third-order valence-electron chi connectivity index (χ3n) is 3.73. The molecular formula is C20H23N3O5. The average Bonchev–Trinajstić information content (AvgIpc) is 2.66. The largest absolute Gasteiger partial charge is 0.495 e. The number of methoxy groups -OCH3 is 1. The first-order valence-electron chi connectivity index (χ1n) is 8.50. The SMILES string of the molecule is COc1ccc(NC(C)=O)cc1NC(=O)COC(=O)c1cccc(N(C)C)c1. The Hall–Kier alpha value is -3.55. The highest BCUT2D eigenvalue weighted by atomic mass is 16.5. The minimum Gasteiger partial charge on any atom is -0.495 e. The molecule has 2 amide bonds. The molecule has 2 rings (SSSR count). The Morgan fingerprint density at radius 3 is 2.43 bits per heavy atom. The molecule has 8 heteroatoms. The van der Waals surface area contributed by atoms with Crippen LogP contribution in [-0.2, 0) is 14.3 Å². The Labute approximate surface area is 163 Å². The summed E-state index contributed by atoms with van der Waals surface area (Å²) in [5.41, 5.74) is 2.05. The van der Waals surface area contributed by atoms with Gasteiger partial charge in [0.15, 0.2) is 6.61 Å². The maximum atomic E-state index is 12.2. The number of amides is 2. The number of benzene rings is 2. The maximum Gasteiger partial charge on any atom is 0.338 e. The van der Waals surface area contributed by atoms with Crippen molar-refractivity contribution in [2.45, 2.75) is 6.92 Å². The molecule has 0 atom stereocenters. The standard InChI is InChI=1S/C20H23N3O5/c1-13(24)21-15-8-9-18(27-4)17(11-15)22-19(25)12-28-20(26)14-6-5-7-16(10-14)23(2)3/h5-11H,12H2,1-4H3,(H,21,24)(H,22,25). The Kier molecular flexibility index (Phi) is 6.97. The Balaban J connectivity index is 2.01. The van der Waals surface area contributed by atoms with Crippen LogP contribution in [0, 0.1) is 0 Å². The molecule has 0 heterocycles. The zero-order valence-electron chi connectivity index (χ0n) is 16.2. The van der Waals surface area contributed by atoms with Crippen LogP contribution in [0.4, 0.5) is 17.1 Å². The van der Waals surface area contributed by atoms with E-state index in [2.05, 4.69) is 10.6 Å². The fourth-order valence-electron chi connectivity index (χ4n) is 2.40. The smallest absolute Gasteiger partial charge is 0.338 e. The maximum absolute atomic E-state index is 12.2. The van der Waals surface area contributed by atoms with E-state index in [-0.39, 0.29) is 5.91 Å². The summed E-state index contributed by atoms with van der Waals surface area (Å²) in [6, 6.07) is 11.7. The molecular weight excluding hydrogens is 362 g/mol. The summed E-state index contributed by atoms with van der Waals surface area (Å²) in [5.74, 6) is -0.961. The molecule has 0 fully saturated rings. The van der Waals surface area contributed by atoms with Crippen LogP contribution in [0.15, 0.2) is 42.5 Å². The summed E-state index contributed by atoms with van der Waals surface area (Å²) < 4.78 is 10.3. The molecule has 28 heavy (non-hydrogen) atoms. The number of hydrogen-bond donors (Lipinski definition) is 2. The van der Waals surface area contributed by atoms with Crippen LogP contribution in [0.3, 0.4) is 0 Å². The fraction of sp³-hybridized carbons (Fsp3) is 0.250. The third kappa shape index (κ3) is 5.73. The van der Waals surface area contributed by atoms with Gasteiger partial charge in [0.05, 0.1) is 18.4 Å². The zero-order valence-corrected chi connectivity index (χ0v) is 16.2. The van der Waals surface area contributed by atoms with E-state index in [1.54, 1.807) is 36.4 Å². The van der Waals surface area contributed by atoms with E-state index in [0.717, 1.165) is 5.69 Å². The molecule has 0 radical (unpaired) electrons. The number of carbonyl (C=O) groups is 3. The lowest BCUT2D eigenvalue weighted by Gasteiger charge is -2.14. The first-order chi connectivity index (χ1) is 13.3. The average molecular weight is 385 g/mol. The Morgan fingerprint density at radius 2 is 1.79 bits per heavy atom. The first kappa shape index (κ1) is 20.8. The van der Waals surface area contributed by atoms with Gasteiger partial charge in [-0.2, -0.15) is 0 Å². The molecule has 0 saturated carbocycles. The van der Waals surface area contributed by atoms with Gasteiger partial charge < -0.3 is 25.0 Å². The predicted molar refractivity (Wildman–Crippen MR) is 107 cm³/mol. The van der Waals surface area contributed by atoms with E-state index in [9.17, 15) is 14.4 Å². The highest BCUT2D eigenvalue weighted by Gasteiger charge is 2.13. The van der Waals surface area contributed by atoms with Crippen LogP contribution in [0.1, 0.15) is 17.3 Å². The normalized spacial score (nSPS) is 10.0. The molecule has 2 N–H and O–H groups in total. The van der Waals surface area contributed by atoms with Gasteiger partial charge in [-0.15, -0.1) is 0 Å². The van der Waals surface area contributed by atoms with E-state index in [1.165, 1.54) is 14.0 Å². The lowest BCUT2D eigenvalue weighted by atomic mass is 10.2. The van der Waals surface area contributed by atoms with Gasteiger partial charge in [0.2, 0.25) is 5.91 Å². The first-order valence-corrected chi connectivity index (χ1v) is 8.50. The molecule has 0 aliphatic heterocycles. The molecule has 2 aromatic rings. The minimum atomic E-state index is -0.599. The molecule has 148 valence electrons. The monoisotopic (exact) mass is 385 g/mol. The van der Waals surface area contributed by atoms with E-state index in [0.29, 0.717) is 22.7 Å². The number of nitrogens with zero attached hydrogens (tertiary/aromatic N) is 1. The second-order valence-electron chi connectivity index (χ2n) is 6.17. The van der Waals surface area contributed by atoms with E-state index in [1.807, 2.05) is 25.1 Å². The van der Waals surface area contributed by atoms with Gasteiger partial charge in [-0.05, 0) is 36.4 Å². The van der Waals surface area contributed by atoms with Crippen LogP contribution in [-0.4, -0.2) is 45.6 Å². The number of esters is 1. The van der Waals surface area contributed by atoms with Crippen molar-refractivity contribution in [2.24, 2.45) is 0 Å². The van der Waals surface area contributed by atoms with Gasteiger partial charge in [0.1, 0.15) is 5.75 Å². The number of carbonyl (C=O) groups excluding carboxylic acids is 3. The van der Waals surface area contributed by atoms with Crippen LogP contribution in [0.2, 0.25) is 0 Å². The molecule has 0 unspecified atom stereocenters. The van der Waals surface area contributed by atoms with Crippen molar-refractivity contribution in [2.75, 3.05) is 43.3 Å². The fourth-order valence-corrected chi connectivity index (χ4v) is 2.40. The molecule has 0 bridgehead atoms. The lowest BCUT2D eigenvalue weighted by Crippen LogP contribution is -2.21. The van der Waals surface area contributed by atoms with Gasteiger partial charge in [-0.3, -0.25) is 9.59 Å². The molecule has 0 saturated heterocycles. The van der Waals surface area contributed by atoms with Crippen LogP contribution in [0.5, 0.6) is 5.75 Å². The summed E-state index contributed by atoms with van der Waals surface area (Å²) in [5, 5.41) is 5.23. The second-order valence-corrected chi connectivity index (χ2v) is 6.17. The van der Waals surface area contributed by atoms with Gasteiger partial charge in [0.25, 0.3) is 5.91 Å². The molecule has 2 aromatic carbocycles. The van der Waals surface area contributed by atoms with Crippen molar-refractivity contribution in [3.63, 3.8) is 0 Å². The quantitative estimate of drug-likeness (QED) is 0.711. The molecule has 0 aliphatic carbocycles. The molecule has 8 nitrogen and oxygen atoms in total. The number of hydrogen-bond acceptors (Lipinski definition) is 6. The summed E-state index contributed by atoms with van der Waals surface area (Å²) in [4.78, 5) is 37.4. The number of rotatable bonds is 7. The number of ether oxygens (including phenoxy) is 2. The van der Waals surface area contributed by atoms with Crippen molar-refractivity contribution in [3.8, 4) is 5.75 Å². The molecule has 0 spiro atoms. The van der Waals surface area contributed by atoms with Crippen LogP contribution < -0.4 is 20.3 Å². The predicted octanol–water partition coefficient (Wildman–Crippen LogP) is 2.52. The van der Waals surface area contributed by atoms with Gasteiger partial charge in [-0.1, -0.05) is 6.07 Å². The Morgan fingerprint density at radius 1 is 1.04 bits per heavy atom. The molecule has 0 aromatic heterocycles. The van der Waals surface area contributed by atoms with Crippen molar-refractivity contribution in [3.05, 3.63) is 48.0 Å². The summed E-state index contributed by atoms with van der Waals surface area (Å²) in [6.07, 6.45) is 0. The van der Waals surface area contributed by atoms with Crippen LogP contribution >= 0.6 is 0 Å². The lowest BCUT2D eigenvalue weighted by molar-refractivity contribution is -0.119. The van der Waals surface area contributed by atoms with Crippen molar-refractivity contribution in [1.82, 2.24) is 0 Å². The minimum absolute atomic E-state index is 0.240. The molecule has 0 aliphatic rings. The van der Waals surface area contributed by atoms with Gasteiger partial charge >= 0.3 is 5.97 Å². The topological polar surface area (TPSA) is 97.0 Å². The van der Waals surface area contributed by atoms with Gasteiger partial charge in [-0.25, -0.2) is 4.79 Å². The highest BCUT2D eigenvalue weighted by Crippen LogP contribution is 2.27. The highest BCUT2D eigenvalue weighted by molar-refractivity contribution is 5.97. The zero-order chi connectivity index (χ0) is 20.7. The second kappa shape index (κ2) is 9.40. The van der Waals surface area contributed by atoms with Crippen molar-refractivity contribution in [1.29, 1.82) is 0 Å². The summed E-state index contributed by atoms with van der Waals surface area (Å²) in [7, 11) is 5.18. The van der Waals surface area contributed by atoms with E-state index >= 15 is 0 Å². The van der Waals surface area contributed by atoms with Gasteiger partial charge in [0, 0.05) is 32.4 Å². The number of anilines is 3. The van der Waals surface area contributed by atoms with Crippen molar-refractivity contribution >= 4 is 34.8 Å². The van der Waals surface area contributed by atoms with Crippen molar-refractivity contribution < 1.29 is 23.9 Å². The third-order valence-corrected chi connectivity index (χ3v) is 3.73. The summed E-state index contributed by atoms with van der Waals surface area (Å²) >= 11 is 0. The number of nitrogens with one attached hydrogen (secondary N) is 2. The van der Waals surface area contributed by atoms with Crippen LogP contribution in [0.25, 0.3) is 0 Å². The van der Waals surface area contributed by atoms with E-state index in [4.69, 9.17) is 9.47 Å². The summed E-state index contributed by atoms with van der Waals surface area (Å²) in [6.45, 7) is 0.922. The van der Waals surface area contributed by atoms with E-state index < -0.39 is 18.5 Å². The Bertz CT molecular complexity index is 880.